The average molecular weight is 294 g/mol. The number of thioether (sulfide) groups is 1. The zero-order valence-corrected chi connectivity index (χ0v) is 12.2. The van der Waals surface area contributed by atoms with Gasteiger partial charge in [-0.3, -0.25) is 9.36 Å². The number of carboxylic acid groups (broad SMARTS) is 1. The van der Waals surface area contributed by atoms with Gasteiger partial charge in [0.1, 0.15) is 0 Å². The molecule has 1 atom stereocenters. The number of nitrogens with one attached hydrogen (secondary N) is 1. The second kappa shape index (κ2) is 6.65. The Morgan fingerprint density at radius 2 is 2.20 bits per heavy atom. The second-order valence-electron chi connectivity index (χ2n) is 4.73. The average Bonchev–Trinajstić information content (AvgIpc) is 2.70. The molecule has 0 fully saturated rings. The van der Waals surface area contributed by atoms with Crippen molar-refractivity contribution in [1.29, 1.82) is 0 Å². The highest BCUT2D eigenvalue weighted by atomic mass is 32.2. The van der Waals surface area contributed by atoms with Crippen molar-refractivity contribution in [3.05, 3.63) is 34.7 Å². The largest absolute Gasteiger partial charge is 0.481 e. The number of carboxylic acids is 1. The SMILES string of the molecule is CC(CC(=O)O)SCCCn1c(=O)[nH]c2ccccc21. The minimum atomic E-state index is -0.766. The van der Waals surface area contributed by atoms with Crippen LogP contribution in [0, 0.1) is 0 Å². The van der Waals surface area contributed by atoms with E-state index >= 15 is 0 Å². The number of fused-ring (bicyclic) bond motifs is 1. The Kier molecular flexibility index (Phi) is 4.89. The number of para-hydroxylation sites is 2. The molecule has 108 valence electrons. The molecule has 0 aliphatic heterocycles. The lowest BCUT2D eigenvalue weighted by Crippen LogP contribution is -2.17. The van der Waals surface area contributed by atoms with Crippen LogP contribution in [-0.4, -0.2) is 31.6 Å². The molecule has 0 aliphatic rings. The third-order valence-electron chi connectivity index (χ3n) is 3.07. The first-order chi connectivity index (χ1) is 9.58. The minimum absolute atomic E-state index is 0.0882. The van der Waals surface area contributed by atoms with E-state index in [1.54, 1.807) is 16.3 Å². The Labute approximate surface area is 121 Å². The summed E-state index contributed by atoms with van der Waals surface area (Å²) in [5, 5.41) is 8.79. The predicted molar refractivity (Wildman–Crippen MR) is 81.3 cm³/mol. The molecule has 5 nitrogen and oxygen atoms in total. The van der Waals surface area contributed by atoms with Crippen molar-refractivity contribution in [1.82, 2.24) is 9.55 Å². The number of benzene rings is 1. The zero-order chi connectivity index (χ0) is 14.5. The van der Waals surface area contributed by atoms with Gasteiger partial charge in [0.05, 0.1) is 17.5 Å². The molecule has 0 amide bonds. The highest BCUT2D eigenvalue weighted by Gasteiger charge is 2.09. The fourth-order valence-corrected chi connectivity index (χ4v) is 3.10. The summed E-state index contributed by atoms with van der Waals surface area (Å²) < 4.78 is 1.73. The monoisotopic (exact) mass is 294 g/mol. The van der Waals surface area contributed by atoms with Crippen LogP contribution in [0.2, 0.25) is 0 Å². The number of H-pyrrole nitrogens is 1. The van der Waals surface area contributed by atoms with Crippen LogP contribution in [0.5, 0.6) is 0 Å². The third kappa shape index (κ3) is 3.66. The van der Waals surface area contributed by atoms with Gasteiger partial charge in [-0.05, 0) is 24.3 Å². The summed E-state index contributed by atoms with van der Waals surface area (Å²) in [6.07, 6.45) is 1.02. The van der Waals surface area contributed by atoms with Gasteiger partial charge in [-0.1, -0.05) is 19.1 Å². The highest BCUT2D eigenvalue weighted by Crippen LogP contribution is 2.16. The van der Waals surface area contributed by atoms with E-state index in [2.05, 4.69) is 4.98 Å². The molecule has 1 heterocycles. The van der Waals surface area contributed by atoms with Crippen molar-refractivity contribution in [3.63, 3.8) is 0 Å². The Morgan fingerprint density at radius 3 is 2.95 bits per heavy atom. The molecule has 0 saturated carbocycles. The van der Waals surface area contributed by atoms with Crippen LogP contribution >= 0.6 is 11.8 Å². The number of aromatic nitrogens is 2. The smallest absolute Gasteiger partial charge is 0.326 e. The van der Waals surface area contributed by atoms with Gasteiger partial charge in [-0.25, -0.2) is 4.79 Å². The van der Waals surface area contributed by atoms with Gasteiger partial charge >= 0.3 is 11.7 Å². The second-order valence-corrected chi connectivity index (χ2v) is 6.28. The van der Waals surface area contributed by atoms with Crippen molar-refractivity contribution in [2.75, 3.05) is 5.75 Å². The summed E-state index contributed by atoms with van der Waals surface area (Å²) in [6.45, 7) is 2.56. The molecule has 0 aliphatic carbocycles. The molecule has 1 aromatic heterocycles. The standard InChI is InChI=1S/C14H18N2O3S/c1-10(9-13(17)18)20-8-4-7-16-12-6-3-2-5-11(12)15-14(16)19/h2-3,5-6,10H,4,7-9H2,1H3,(H,15,19)(H,17,18). The van der Waals surface area contributed by atoms with Crippen molar-refractivity contribution in [2.45, 2.75) is 31.6 Å². The Balaban J connectivity index is 1.89. The van der Waals surface area contributed by atoms with Crippen molar-refractivity contribution < 1.29 is 9.90 Å². The van der Waals surface area contributed by atoms with Gasteiger partial charge in [0.25, 0.3) is 0 Å². The number of carbonyl (C=O) groups is 1. The number of imidazole rings is 1. The zero-order valence-electron chi connectivity index (χ0n) is 11.3. The lowest BCUT2D eigenvalue weighted by Gasteiger charge is -2.08. The third-order valence-corrected chi connectivity index (χ3v) is 4.33. The van der Waals surface area contributed by atoms with E-state index in [1.165, 1.54) is 0 Å². The van der Waals surface area contributed by atoms with E-state index in [-0.39, 0.29) is 17.4 Å². The molecule has 2 rings (SSSR count). The molecule has 1 aromatic carbocycles. The van der Waals surface area contributed by atoms with Crippen LogP contribution in [0.15, 0.2) is 29.1 Å². The topological polar surface area (TPSA) is 75.1 Å². The Hall–Kier alpha value is -1.69. The van der Waals surface area contributed by atoms with E-state index in [1.807, 2.05) is 31.2 Å². The lowest BCUT2D eigenvalue weighted by molar-refractivity contribution is -0.136. The van der Waals surface area contributed by atoms with Gasteiger partial charge in [-0.2, -0.15) is 11.8 Å². The summed E-state index contributed by atoms with van der Waals surface area (Å²) >= 11 is 1.63. The molecule has 0 spiro atoms. The fraction of sp³-hybridized carbons (Fsp3) is 0.429. The van der Waals surface area contributed by atoms with Crippen LogP contribution < -0.4 is 5.69 Å². The number of hydrogen-bond acceptors (Lipinski definition) is 3. The number of rotatable bonds is 7. The first-order valence-corrected chi connectivity index (χ1v) is 7.63. The predicted octanol–water partition coefficient (Wildman–Crippen LogP) is 2.32. The first-order valence-electron chi connectivity index (χ1n) is 6.59. The van der Waals surface area contributed by atoms with Crippen molar-refractivity contribution in [2.24, 2.45) is 0 Å². The molecule has 0 radical (unpaired) electrons. The van der Waals surface area contributed by atoms with Gasteiger partial charge in [0.2, 0.25) is 0 Å². The molecule has 2 aromatic rings. The molecule has 1 unspecified atom stereocenters. The number of aliphatic carboxylic acids is 1. The van der Waals surface area contributed by atoms with E-state index in [4.69, 9.17) is 5.11 Å². The van der Waals surface area contributed by atoms with Crippen molar-refractivity contribution in [3.8, 4) is 0 Å². The molecule has 6 heteroatoms. The van der Waals surface area contributed by atoms with Crippen LogP contribution in [0.1, 0.15) is 19.8 Å². The summed E-state index contributed by atoms with van der Waals surface area (Å²) in [5.74, 6) is 0.0817. The summed E-state index contributed by atoms with van der Waals surface area (Å²) in [5.41, 5.74) is 1.68. The number of aryl methyl sites for hydroxylation is 1. The summed E-state index contributed by atoms with van der Waals surface area (Å²) in [6, 6.07) is 7.62. The summed E-state index contributed by atoms with van der Waals surface area (Å²) in [7, 11) is 0. The van der Waals surface area contributed by atoms with Gasteiger partial charge in [-0.15, -0.1) is 0 Å². The maximum Gasteiger partial charge on any atom is 0.326 e. The quantitative estimate of drug-likeness (QED) is 0.768. The maximum atomic E-state index is 11.8. The van der Waals surface area contributed by atoms with Gasteiger partial charge < -0.3 is 10.1 Å². The Bertz CT molecular complexity index is 647. The summed E-state index contributed by atoms with van der Waals surface area (Å²) in [4.78, 5) is 25.2. The first kappa shape index (κ1) is 14.7. The lowest BCUT2D eigenvalue weighted by atomic mass is 10.3. The van der Waals surface area contributed by atoms with E-state index in [0.29, 0.717) is 6.54 Å². The van der Waals surface area contributed by atoms with Crippen LogP contribution in [0.25, 0.3) is 11.0 Å². The molecular formula is C14H18N2O3S. The van der Waals surface area contributed by atoms with Crippen LogP contribution in [0.4, 0.5) is 0 Å². The van der Waals surface area contributed by atoms with Gasteiger partial charge in [0, 0.05) is 11.8 Å². The minimum Gasteiger partial charge on any atom is -0.481 e. The normalized spacial score (nSPS) is 12.7. The highest BCUT2D eigenvalue weighted by molar-refractivity contribution is 7.99. The molecule has 2 N–H and O–H groups in total. The number of aromatic amines is 1. The van der Waals surface area contributed by atoms with E-state index in [0.717, 1.165) is 23.2 Å². The van der Waals surface area contributed by atoms with Crippen LogP contribution in [0.3, 0.4) is 0 Å². The molecular weight excluding hydrogens is 276 g/mol. The molecule has 0 saturated heterocycles. The van der Waals surface area contributed by atoms with Crippen LogP contribution in [-0.2, 0) is 11.3 Å². The number of hydrogen-bond donors (Lipinski definition) is 2. The maximum absolute atomic E-state index is 11.8. The number of nitrogens with zero attached hydrogens (tertiary/aromatic N) is 1. The van der Waals surface area contributed by atoms with Crippen molar-refractivity contribution >= 4 is 28.8 Å². The fourth-order valence-electron chi connectivity index (χ4n) is 2.14. The van der Waals surface area contributed by atoms with E-state index < -0.39 is 5.97 Å². The van der Waals surface area contributed by atoms with Gasteiger partial charge in [0.15, 0.2) is 0 Å². The molecule has 20 heavy (non-hydrogen) atoms. The Morgan fingerprint density at radius 1 is 1.45 bits per heavy atom. The molecule has 0 bridgehead atoms. The van der Waals surface area contributed by atoms with E-state index in [9.17, 15) is 9.59 Å².